The van der Waals surface area contributed by atoms with Crippen LogP contribution in [0.25, 0.3) is 0 Å². The van der Waals surface area contributed by atoms with E-state index in [1.54, 1.807) is 16.8 Å². The molecule has 18 heavy (non-hydrogen) atoms. The van der Waals surface area contributed by atoms with Gasteiger partial charge in [-0.2, -0.15) is 0 Å². The fraction of sp³-hybridized carbons (Fsp3) is 0.750. The molecule has 0 saturated heterocycles. The average molecular weight is 278 g/mol. The summed E-state index contributed by atoms with van der Waals surface area (Å²) in [6.45, 7) is 2.92. The molecular weight excluding hydrogens is 258 g/mol. The first-order valence-corrected chi connectivity index (χ1v) is 7.07. The lowest BCUT2D eigenvalue weighted by Crippen LogP contribution is -2.33. The maximum absolute atomic E-state index is 11.9. The number of alkyl halides is 2. The Morgan fingerprint density at radius 3 is 2.94 bits per heavy atom. The Kier molecular flexibility index (Phi) is 8.04. The second-order valence-corrected chi connectivity index (χ2v) is 5.05. The molecule has 0 aromatic carbocycles. The Morgan fingerprint density at radius 2 is 2.33 bits per heavy atom. The molecule has 0 fully saturated rings. The molecule has 1 rings (SSSR count). The molecule has 0 radical (unpaired) electrons. The van der Waals surface area contributed by atoms with Gasteiger partial charge in [0.1, 0.15) is 6.61 Å². The molecule has 104 valence electrons. The van der Waals surface area contributed by atoms with Crippen LogP contribution in [0, 0.1) is 0 Å². The van der Waals surface area contributed by atoms with Crippen molar-refractivity contribution in [3.63, 3.8) is 0 Å². The molecule has 1 heterocycles. The molecule has 0 aliphatic heterocycles. The zero-order valence-corrected chi connectivity index (χ0v) is 11.4. The molecule has 0 aliphatic rings. The fourth-order valence-electron chi connectivity index (χ4n) is 1.61. The second kappa shape index (κ2) is 9.35. The molecule has 1 aromatic rings. The van der Waals surface area contributed by atoms with Gasteiger partial charge < -0.3 is 10.1 Å². The zero-order valence-electron chi connectivity index (χ0n) is 10.6. The van der Waals surface area contributed by atoms with Gasteiger partial charge >= 0.3 is 0 Å². The van der Waals surface area contributed by atoms with Crippen LogP contribution in [0.3, 0.4) is 0 Å². The normalized spacial score (nSPS) is 13.1. The molecule has 0 amide bonds. The van der Waals surface area contributed by atoms with Gasteiger partial charge in [-0.3, -0.25) is 4.98 Å². The predicted molar refractivity (Wildman–Crippen MR) is 69.3 cm³/mol. The van der Waals surface area contributed by atoms with Crippen molar-refractivity contribution >= 4 is 11.3 Å². The van der Waals surface area contributed by atoms with E-state index in [-0.39, 0.29) is 6.04 Å². The monoisotopic (exact) mass is 278 g/mol. The minimum atomic E-state index is -2.38. The van der Waals surface area contributed by atoms with Gasteiger partial charge in [-0.1, -0.05) is 6.92 Å². The standard InChI is InChI=1S/C12H20F2N2OS/c1-2-4-16-10(3-5-17-8-12(13)14)6-11-7-15-9-18-11/h7,9-10,12,16H,2-6,8H2,1H3. The SMILES string of the molecule is CCCNC(CCOCC(F)F)Cc1cncs1. The molecule has 1 N–H and O–H groups in total. The van der Waals surface area contributed by atoms with Gasteiger partial charge in [-0.15, -0.1) is 11.3 Å². The summed E-state index contributed by atoms with van der Waals surface area (Å²) in [6.07, 6.45) is 2.14. The summed E-state index contributed by atoms with van der Waals surface area (Å²) >= 11 is 1.62. The van der Waals surface area contributed by atoms with Crippen molar-refractivity contribution in [2.45, 2.75) is 38.7 Å². The lowest BCUT2D eigenvalue weighted by molar-refractivity contribution is 0.0144. The van der Waals surface area contributed by atoms with Gasteiger partial charge in [0.2, 0.25) is 0 Å². The van der Waals surface area contributed by atoms with E-state index >= 15 is 0 Å². The molecule has 0 bridgehead atoms. The highest BCUT2D eigenvalue weighted by molar-refractivity contribution is 7.09. The molecule has 0 aliphatic carbocycles. The van der Waals surface area contributed by atoms with E-state index in [0.717, 1.165) is 25.8 Å². The highest BCUT2D eigenvalue weighted by Gasteiger charge is 2.10. The van der Waals surface area contributed by atoms with Gasteiger partial charge in [0.25, 0.3) is 6.43 Å². The van der Waals surface area contributed by atoms with E-state index in [0.29, 0.717) is 6.61 Å². The molecular formula is C12H20F2N2OS. The summed E-state index contributed by atoms with van der Waals surface area (Å²) in [5, 5.41) is 3.41. The third-order valence-electron chi connectivity index (χ3n) is 2.47. The van der Waals surface area contributed by atoms with E-state index in [4.69, 9.17) is 4.74 Å². The van der Waals surface area contributed by atoms with Crippen LogP contribution < -0.4 is 5.32 Å². The minimum Gasteiger partial charge on any atom is -0.375 e. The molecule has 1 unspecified atom stereocenters. The first-order valence-electron chi connectivity index (χ1n) is 6.19. The summed E-state index contributed by atoms with van der Waals surface area (Å²) in [5.74, 6) is 0. The largest absolute Gasteiger partial charge is 0.375 e. The summed E-state index contributed by atoms with van der Waals surface area (Å²) in [7, 11) is 0. The number of hydrogen-bond donors (Lipinski definition) is 1. The van der Waals surface area contributed by atoms with Crippen molar-refractivity contribution in [2.24, 2.45) is 0 Å². The van der Waals surface area contributed by atoms with Crippen molar-refractivity contribution < 1.29 is 13.5 Å². The third-order valence-corrected chi connectivity index (χ3v) is 3.27. The van der Waals surface area contributed by atoms with Crippen LogP contribution >= 0.6 is 11.3 Å². The maximum Gasteiger partial charge on any atom is 0.261 e. The molecule has 0 saturated carbocycles. The Balaban J connectivity index is 2.26. The second-order valence-electron chi connectivity index (χ2n) is 4.08. The van der Waals surface area contributed by atoms with Gasteiger partial charge in [-0.25, -0.2) is 8.78 Å². The number of ether oxygens (including phenoxy) is 1. The van der Waals surface area contributed by atoms with Crippen LogP contribution in [0.15, 0.2) is 11.7 Å². The number of nitrogens with one attached hydrogen (secondary N) is 1. The molecule has 6 heteroatoms. The van der Waals surface area contributed by atoms with Crippen molar-refractivity contribution in [3.8, 4) is 0 Å². The Bertz CT molecular complexity index is 296. The van der Waals surface area contributed by atoms with Crippen LogP contribution in [-0.4, -0.2) is 37.2 Å². The lowest BCUT2D eigenvalue weighted by atomic mass is 10.1. The van der Waals surface area contributed by atoms with E-state index in [1.165, 1.54) is 4.88 Å². The van der Waals surface area contributed by atoms with Crippen molar-refractivity contribution in [1.82, 2.24) is 10.3 Å². The van der Waals surface area contributed by atoms with Crippen LogP contribution in [0.1, 0.15) is 24.6 Å². The number of hydrogen-bond acceptors (Lipinski definition) is 4. The third kappa shape index (κ3) is 6.98. The van der Waals surface area contributed by atoms with Gasteiger partial charge in [-0.05, 0) is 25.8 Å². The van der Waals surface area contributed by atoms with E-state index in [1.807, 2.05) is 6.20 Å². The molecule has 0 spiro atoms. The van der Waals surface area contributed by atoms with E-state index in [9.17, 15) is 8.78 Å². The number of aromatic nitrogens is 1. The van der Waals surface area contributed by atoms with Gasteiger partial charge in [0.15, 0.2) is 0 Å². The minimum absolute atomic E-state index is 0.267. The lowest BCUT2D eigenvalue weighted by Gasteiger charge is -2.17. The Labute approximate surface area is 111 Å². The van der Waals surface area contributed by atoms with Crippen LogP contribution in [0.4, 0.5) is 8.78 Å². The van der Waals surface area contributed by atoms with Crippen molar-refractivity contribution in [2.75, 3.05) is 19.8 Å². The summed E-state index contributed by atoms with van der Waals surface area (Å²) in [4.78, 5) is 5.24. The molecule has 1 atom stereocenters. The van der Waals surface area contributed by atoms with E-state index < -0.39 is 13.0 Å². The number of halogens is 2. The quantitative estimate of drug-likeness (QED) is 0.668. The highest BCUT2D eigenvalue weighted by atomic mass is 32.1. The summed E-state index contributed by atoms with van der Waals surface area (Å²) in [6, 6.07) is 0.267. The average Bonchev–Trinajstić information content (AvgIpc) is 2.83. The fourth-order valence-corrected chi connectivity index (χ4v) is 2.28. The van der Waals surface area contributed by atoms with Gasteiger partial charge in [0, 0.05) is 23.7 Å². The smallest absolute Gasteiger partial charge is 0.261 e. The summed E-state index contributed by atoms with van der Waals surface area (Å²) < 4.78 is 28.8. The van der Waals surface area contributed by atoms with Crippen LogP contribution in [0.2, 0.25) is 0 Å². The van der Waals surface area contributed by atoms with Gasteiger partial charge in [0.05, 0.1) is 5.51 Å². The molecule has 1 aromatic heterocycles. The maximum atomic E-state index is 11.9. The van der Waals surface area contributed by atoms with Crippen LogP contribution in [0.5, 0.6) is 0 Å². The topological polar surface area (TPSA) is 34.1 Å². The molecule has 3 nitrogen and oxygen atoms in total. The van der Waals surface area contributed by atoms with Crippen molar-refractivity contribution in [3.05, 3.63) is 16.6 Å². The number of nitrogens with zero attached hydrogens (tertiary/aromatic N) is 1. The number of rotatable bonds is 10. The predicted octanol–water partition coefficient (Wildman–Crippen LogP) is 2.73. The highest BCUT2D eigenvalue weighted by Crippen LogP contribution is 2.11. The summed E-state index contributed by atoms with van der Waals surface area (Å²) in [5.41, 5.74) is 1.81. The Hall–Kier alpha value is -0.590. The number of thiazole rings is 1. The van der Waals surface area contributed by atoms with E-state index in [2.05, 4.69) is 17.2 Å². The van der Waals surface area contributed by atoms with Crippen LogP contribution in [-0.2, 0) is 11.2 Å². The first-order chi connectivity index (χ1) is 8.72. The first kappa shape index (κ1) is 15.5. The zero-order chi connectivity index (χ0) is 13.2. The Morgan fingerprint density at radius 1 is 1.50 bits per heavy atom. The van der Waals surface area contributed by atoms with Crippen molar-refractivity contribution in [1.29, 1.82) is 0 Å².